The van der Waals surface area contributed by atoms with Gasteiger partial charge in [0.1, 0.15) is 10.9 Å². The molecular weight excluding hydrogens is 328 g/mol. The molecule has 0 aliphatic rings. The molecule has 0 fully saturated rings. The number of carbonyl (C=O) groups excluding carboxylic acids is 2. The highest BCUT2D eigenvalue weighted by atomic mass is 32.2. The molecule has 0 bridgehead atoms. The summed E-state index contributed by atoms with van der Waals surface area (Å²) in [7, 11) is -0.521. The average molecular weight is 347 g/mol. The number of rotatable bonds is 5. The van der Waals surface area contributed by atoms with Crippen molar-refractivity contribution in [2.45, 2.75) is 28.5 Å². The Balaban J connectivity index is 2.30. The van der Waals surface area contributed by atoms with Crippen LogP contribution in [0.15, 0.2) is 93.5 Å². The zero-order valence-corrected chi connectivity index (χ0v) is 15.0. The van der Waals surface area contributed by atoms with Crippen LogP contribution < -0.4 is 0 Å². The van der Waals surface area contributed by atoms with Gasteiger partial charge in [-0.25, -0.2) is 0 Å². The van der Waals surface area contributed by atoms with E-state index in [1.54, 1.807) is 13.8 Å². The van der Waals surface area contributed by atoms with E-state index in [0.29, 0.717) is 11.1 Å². The Morgan fingerprint density at radius 1 is 0.600 bits per heavy atom. The number of ketones is 2. The number of hydrogen-bond acceptors (Lipinski definition) is 2. The van der Waals surface area contributed by atoms with Crippen molar-refractivity contribution in [2.24, 2.45) is 0 Å². The van der Waals surface area contributed by atoms with Crippen LogP contribution in [0.25, 0.3) is 0 Å². The van der Waals surface area contributed by atoms with Gasteiger partial charge >= 0.3 is 0 Å². The van der Waals surface area contributed by atoms with Gasteiger partial charge in [-0.15, -0.1) is 0 Å². The van der Waals surface area contributed by atoms with Gasteiger partial charge < -0.3 is 0 Å². The normalized spacial score (nSPS) is 10.7. The highest BCUT2D eigenvalue weighted by Gasteiger charge is 2.34. The Labute approximate surface area is 150 Å². The van der Waals surface area contributed by atoms with Crippen LogP contribution in [0.2, 0.25) is 0 Å². The van der Waals surface area contributed by atoms with Crippen molar-refractivity contribution < 1.29 is 9.59 Å². The van der Waals surface area contributed by atoms with Crippen molar-refractivity contribution in [1.29, 1.82) is 0 Å². The minimum atomic E-state index is -0.521. The van der Waals surface area contributed by atoms with Crippen LogP contribution in [0.3, 0.4) is 0 Å². The lowest BCUT2D eigenvalue weighted by Crippen LogP contribution is -2.13. The summed E-state index contributed by atoms with van der Waals surface area (Å²) in [5.74, 6) is 0.0636. The van der Waals surface area contributed by atoms with Gasteiger partial charge in [0.2, 0.25) is 0 Å². The zero-order chi connectivity index (χ0) is 17.8. The van der Waals surface area contributed by atoms with Crippen molar-refractivity contribution >= 4 is 22.5 Å². The molecule has 3 aromatic carbocycles. The molecule has 25 heavy (non-hydrogen) atoms. The summed E-state index contributed by atoms with van der Waals surface area (Å²) in [5.41, 5.74) is 1.40. The fourth-order valence-electron chi connectivity index (χ4n) is 2.80. The quantitative estimate of drug-likeness (QED) is 0.470. The van der Waals surface area contributed by atoms with E-state index in [2.05, 4.69) is 12.1 Å². The molecule has 2 nitrogen and oxygen atoms in total. The Morgan fingerprint density at radius 3 is 1.44 bits per heavy atom. The van der Waals surface area contributed by atoms with E-state index in [1.165, 1.54) is 0 Å². The summed E-state index contributed by atoms with van der Waals surface area (Å²) >= 11 is 0. The zero-order valence-electron chi connectivity index (χ0n) is 14.2. The summed E-state index contributed by atoms with van der Waals surface area (Å²) in [4.78, 5) is 27.4. The minimum absolute atomic E-state index is 0.0318. The molecule has 0 atom stereocenters. The monoisotopic (exact) mass is 347 g/mol. The average Bonchev–Trinajstić information content (AvgIpc) is 2.63. The van der Waals surface area contributed by atoms with Gasteiger partial charge in [0.25, 0.3) is 0 Å². The van der Waals surface area contributed by atoms with Crippen LogP contribution in [-0.4, -0.2) is 11.6 Å². The van der Waals surface area contributed by atoms with Crippen molar-refractivity contribution in [3.05, 3.63) is 90.0 Å². The first-order valence-electron chi connectivity index (χ1n) is 8.09. The van der Waals surface area contributed by atoms with Crippen LogP contribution in [-0.2, 0) is 10.9 Å². The maximum absolute atomic E-state index is 12.2. The van der Waals surface area contributed by atoms with E-state index in [-0.39, 0.29) is 11.6 Å². The van der Waals surface area contributed by atoms with Crippen LogP contribution in [0.5, 0.6) is 0 Å². The third-order valence-corrected chi connectivity index (χ3v) is 6.29. The fourth-order valence-corrected chi connectivity index (χ4v) is 5.27. The van der Waals surface area contributed by atoms with Gasteiger partial charge in [-0.3, -0.25) is 9.59 Å². The van der Waals surface area contributed by atoms with E-state index in [9.17, 15) is 9.59 Å². The number of Topliss-reactive ketones (excluding diaryl/α,β-unsaturated/α-hetero) is 2. The van der Waals surface area contributed by atoms with E-state index in [0.717, 1.165) is 14.7 Å². The standard InChI is InChI=1S/C22H19O2S/c1-16(23)19-12-6-8-14-21(19)25(18-10-4-3-5-11-18)22-15-9-7-13-20(22)17(2)24/h3-15H,1-2H3/q+1. The topological polar surface area (TPSA) is 34.1 Å². The van der Waals surface area contributed by atoms with E-state index in [4.69, 9.17) is 0 Å². The lowest BCUT2D eigenvalue weighted by Gasteiger charge is -2.12. The Kier molecular flexibility index (Phi) is 5.15. The molecule has 3 rings (SSSR count). The molecule has 0 saturated carbocycles. The third kappa shape index (κ3) is 3.57. The summed E-state index contributed by atoms with van der Waals surface area (Å²) < 4.78 is 0. The summed E-state index contributed by atoms with van der Waals surface area (Å²) in [6.07, 6.45) is 0. The highest BCUT2D eigenvalue weighted by Crippen LogP contribution is 2.35. The smallest absolute Gasteiger partial charge is 0.177 e. The lowest BCUT2D eigenvalue weighted by atomic mass is 10.1. The first kappa shape index (κ1) is 17.2. The molecule has 3 heteroatoms. The maximum atomic E-state index is 12.2. The number of benzene rings is 3. The van der Waals surface area contributed by atoms with Gasteiger partial charge in [0.05, 0.1) is 11.1 Å². The molecule has 0 N–H and O–H groups in total. The molecule has 0 amide bonds. The Hall–Kier alpha value is -2.65. The van der Waals surface area contributed by atoms with Crippen LogP contribution in [0.4, 0.5) is 0 Å². The largest absolute Gasteiger partial charge is 0.294 e. The van der Waals surface area contributed by atoms with Gasteiger partial charge in [0, 0.05) is 0 Å². The molecule has 0 aromatic heterocycles. The van der Waals surface area contributed by atoms with E-state index >= 15 is 0 Å². The molecule has 0 spiro atoms. The third-order valence-electron chi connectivity index (χ3n) is 3.95. The van der Waals surface area contributed by atoms with Gasteiger partial charge in [0.15, 0.2) is 26.3 Å². The predicted molar refractivity (Wildman–Crippen MR) is 101 cm³/mol. The minimum Gasteiger partial charge on any atom is -0.294 e. The molecule has 0 unspecified atom stereocenters. The van der Waals surface area contributed by atoms with Crippen LogP contribution in [0.1, 0.15) is 34.6 Å². The second kappa shape index (κ2) is 7.49. The molecule has 0 saturated heterocycles. The maximum Gasteiger partial charge on any atom is 0.177 e. The molecular formula is C22H19O2S+. The molecule has 0 aliphatic heterocycles. The molecule has 3 aromatic rings. The molecule has 0 radical (unpaired) electrons. The van der Waals surface area contributed by atoms with Crippen molar-refractivity contribution in [3.63, 3.8) is 0 Å². The number of carbonyl (C=O) groups is 2. The van der Waals surface area contributed by atoms with E-state index in [1.807, 2.05) is 66.7 Å². The predicted octanol–water partition coefficient (Wildman–Crippen LogP) is 5.19. The van der Waals surface area contributed by atoms with Crippen LogP contribution in [0, 0.1) is 0 Å². The molecule has 0 heterocycles. The van der Waals surface area contributed by atoms with Crippen molar-refractivity contribution in [2.75, 3.05) is 0 Å². The second-order valence-electron chi connectivity index (χ2n) is 5.72. The van der Waals surface area contributed by atoms with Gasteiger partial charge in [-0.1, -0.05) is 42.5 Å². The highest BCUT2D eigenvalue weighted by molar-refractivity contribution is 7.97. The fraction of sp³-hybridized carbons (Fsp3) is 0.0909. The van der Waals surface area contributed by atoms with E-state index < -0.39 is 10.9 Å². The molecule has 0 aliphatic carbocycles. The first-order valence-corrected chi connectivity index (χ1v) is 9.31. The number of hydrogen-bond donors (Lipinski definition) is 0. The van der Waals surface area contributed by atoms with Crippen molar-refractivity contribution in [3.8, 4) is 0 Å². The first-order chi connectivity index (χ1) is 12.1. The summed E-state index contributed by atoms with van der Waals surface area (Å²) in [5, 5.41) is 0. The van der Waals surface area contributed by atoms with Crippen molar-refractivity contribution in [1.82, 2.24) is 0 Å². The Bertz CT molecular complexity index is 859. The van der Waals surface area contributed by atoms with Crippen LogP contribution >= 0.6 is 0 Å². The van der Waals surface area contributed by atoms with Gasteiger partial charge in [-0.2, -0.15) is 0 Å². The summed E-state index contributed by atoms with van der Waals surface area (Å²) in [6.45, 7) is 3.17. The second-order valence-corrected chi connectivity index (χ2v) is 7.69. The summed E-state index contributed by atoms with van der Waals surface area (Å²) in [6, 6.07) is 25.4. The lowest BCUT2D eigenvalue weighted by molar-refractivity contribution is 0.100. The SMILES string of the molecule is CC(=O)c1ccccc1[S+](c1ccccc1)c1ccccc1C(C)=O. The molecule has 124 valence electrons. The Morgan fingerprint density at radius 2 is 1.00 bits per heavy atom. The van der Waals surface area contributed by atoms with Gasteiger partial charge in [-0.05, 0) is 50.2 Å².